The number of anilines is 1. The van der Waals surface area contributed by atoms with Crippen LogP contribution in [-0.2, 0) is 20.9 Å². The third-order valence-corrected chi connectivity index (χ3v) is 4.43. The quantitative estimate of drug-likeness (QED) is 0.579. The Bertz CT molecular complexity index is 867. The molecule has 2 aromatic rings. The van der Waals surface area contributed by atoms with E-state index in [-0.39, 0.29) is 24.9 Å². The van der Waals surface area contributed by atoms with Gasteiger partial charge in [-0.2, -0.15) is 0 Å². The second kappa shape index (κ2) is 11.6. The van der Waals surface area contributed by atoms with E-state index in [1.807, 2.05) is 13.0 Å². The topological polar surface area (TPSA) is 97.0 Å². The van der Waals surface area contributed by atoms with Gasteiger partial charge in [-0.1, -0.05) is 31.2 Å². The first kappa shape index (κ1) is 22.9. The third-order valence-electron chi connectivity index (χ3n) is 4.43. The van der Waals surface area contributed by atoms with E-state index >= 15 is 0 Å². The predicted molar refractivity (Wildman–Crippen MR) is 113 cm³/mol. The van der Waals surface area contributed by atoms with Crippen molar-refractivity contribution in [2.75, 3.05) is 39.2 Å². The molecule has 0 aliphatic carbocycles. The van der Waals surface area contributed by atoms with Crippen LogP contribution in [0.2, 0.25) is 0 Å². The number of hydrogen-bond donors (Lipinski definition) is 2. The van der Waals surface area contributed by atoms with Gasteiger partial charge in [-0.25, -0.2) is 4.79 Å². The normalized spacial score (nSPS) is 10.4. The van der Waals surface area contributed by atoms with Crippen LogP contribution in [0.4, 0.5) is 5.69 Å². The van der Waals surface area contributed by atoms with Gasteiger partial charge in [0.05, 0.1) is 38.6 Å². The first-order valence-corrected chi connectivity index (χ1v) is 9.56. The molecule has 0 saturated heterocycles. The number of nitrogens with one attached hydrogen (secondary N) is 2. The molecule has 0 aromatic heterocycles. The van der Waals surface area contributed by atoms with Crippen LogP contribution in [0.3, 0.4) is 0 Å². The number of carbonyl (C=O) groups excluding carboxylic acids is 3. The Balaban J connectivity index is 1.82. The monoisotopic (exact) mass is 413 g/mol. The Hall–Kier alpha value is -3.39. The molecule has 8 heteroatoms. The zero-order valence-electron chi connectivity index (χ0n) is 17.4. The maximum atomic E-state index is 12.3. The maximum absolute atomic E-state index is 12.3. The molecular formula is C22H27N3O5. The van der Waals surface area contributed by atoms with Crippen LogP contribution in [0.5, 0.6) is 5.75 Å². The second-order valence-corrected chi connectivity index (χ2v) is 6.52. The average molecular weight is 413 g/mol. The zero-order valence-corrected chi connectivity index (χ0v) is 17.4. The van der Waals surface area contributed by atoms with Gasteiger partial charge >= 0.3 is 5.97 Å². The number of methoxy groups -OCH3 is 2. The lowest BCUT2D eigenvalue weighted by Gasteiger charge is -2.20. The zero-order chi connectivity index (χ0) is 21.9. The van der Waals surface area contributed by atoms with Gasteiger partial charge in [0.1, 0.15) is 5.75 Å². The number of ether oxygens (including phenoxy) is 2. The van der Waals surface area contributed by atoms with E-state index < -0.39 is 5.97 Å². The highest BCUT2D eigenvalue weighted by molar-refractivity contribution is 5.94. The first-order chi connectivity index (χ1) is 14.5. The van der Waals surface area contributed by atoms with Crippen LogP contribution in [0.1, 0.15) is 22.8 Å². The molecule has 0 aliphatic rings. The number of likely N-dealkylation sites (N-methyl/N-ethyl adjacent to an activating group) is 1. The average Bonchev–Trinajstić information content (AvgIpc) is 2.77. The fourth-order valence-electron chi connectivity index (χ4n) is 2.76. The van der Waals surface area contributed by atoms with Crippen molar-refractivity contribution in [3.63, 3.8) is 0 Å². The first-order valence-electron chi connectivity index (χ1n) is 9.56. The summed E-state index contributed by atoms with van der Waals surface area (Å²) in [5.74, 6) is -0.257. The number of benzene rings is 2. The van der Waals surface area contributed by atoms with Crippen molar-refractivity contribution >= 4 is 23.5 Å². The maximum Gasteiger partial charge on any atom is 0.337 e. The van der Waals surface area contributed by atoms with E-state index in [2.05, 4.69) is 15.4 Å². The van der Waals surface area contributed by atoms with E-state index in [4.69, 9.17) is 4.74 Å². The third kappa shape index (κ3) is 6.89. The van der Waals surface area contributed by atoms with E-state index in [1.165, 1.54) is 14.2 Å². The molecule has 2 aromatic carbocycles. The summed E-state index contributed by atoms with van der Waals surface area (Å²) < 4.78 is 9.88. The minimum absolute atomic E-state index is 0.0792. The molecule has 2 amide bonds. The Kier molecular flexibility index (Phi) is 8.83. The predicted octanol–water partition coefficient (Wildman–Crippen LogP) is 2.06. The van der Waals surface area contributed by atoms with Crippen LogP contribution in [-0.4, -0.2) is 56.5 Å². The second-order valence-electron chi connectivity index (χ2n) is 6.52. The van der Waals surface area contributed by atoms with Gasteiger partial charge in [-0.3, -0.25) is 14.5 Å². The Morgan fingerprint density at radius 2 is 1.60 bits per heavy atom. The lowest BCUT2D eigenvalue weighted by molar-refractivity contribution is -0.123. The molecule has 30 heavy (non-hydrogen) atoms. The molecule has 0 radical (unpaired) electrons. The summed E-state index contributed by atoms with van der Waals surface area (Å²) in [6.07, 6.45) is 0. The molecule has 0 aliphatic heterocycles. The van der Waals surface area contributed by atoms with Crippen molar-refractivity contribution in [3.05, 3.63) is 59.7 Å². The number of hydrogen-bond acceptors (Lipinski definition) is 6. The summed E-state index contributed by atoms with van der Waals surface area (Å²) in [7, 11) is 2.86. The van der Waals surface area contributed by atoms with Crippen LogP contribution >= 0.6 is 0 Å². The Labute approximate surface area is 176 Å². The van der Waals surface area contributed by atoms with Crippen LogP contribution in [0.15, 0.2) is 48.5 Å². The fourth-order valence-corrected chi connectivity index (χ4v) is 2.76. The molecule has 0 atom stereocenters. The number of rotatable bonds is 10. The van der Waals surface area contributed by atoms with Gasteiger partial charge in [-0.05, 0) is 36.4 Å². The van der Waals surface area contributed by atoms with Gasteiger partial charge in [0.2, 0.25) is 11.8 Å². The van der Waals surface area contributed by atoms with Crippen LogP contribution in [0, 0.1) is 0 Å². The van der Waals surface area contributed by atoms with Gasteiger partial charge < -0.3 is 20.1 Å². The minimum Gasteiger partial charge on any atom is -0.495 e. The fraction of sp³-hybridized carbons (Fsp3) is 0.318. The lowest BCUT2D eigenvalue weighted by atomic mass is 10.1. The summed E-state index contributed by atoms with van der Waals surface area (Å²) in [6.45, 7) is 2.92. The summed E-state index contributed by atoms with van der Waals surface area (Å²) in [4.78, 5) is 37.8. The standard InChI is InChI=1S/C22H27N3O5/c1-4-25(15-21(27)24-18-7-5-6-8-19(18)29-2)14-20(26)23-13-16-9-11-17(12-10-16)22(28)30-3/h5-12H,4,13-15H2,1-3H3,(H,23,26)(H,24,27). The van der Waals surface area contributed by atoms with Crippen molar-refractivity contribution in [2.45, 2.75) is 13.5 Å². The summed E-state index contributed by atoms with van der Waals surface area (Å²) in [6, 6.07) is 13.9. The molecule has 2 N–H and O–H groups in total. The van der Waals surface area contributed by atoms with Crippen molar-refractivity contribution in [2.24, 2.45) is 0 Å². The molecule has 0 fully saturated rings. The van der Waals surface area contributed by atoms with E-state index in [0.717, 1.165) is 5.56 Å². The largest absolute Gasteiger partial charge is 0.495 e. The van der Waals surface area contributed by atoms with Gasteiger partial charge in [0.25, 0.3) is 0 Å². The molecule has 0 spiro atoms. The molecule has 2 rings (SSSR count). The van der Waals surface area contributed by atoms with Crippen LogP contribution < -0.4 is 15.4 Å². The smallest absolute Gasteiger partial charge is 0.337 e. The van der Waals surface area contributed by atoms with E-state index in [0.29, 0.717) is 30.1 Å². The molecule has 8 nitrogen and oxygen atoms in total. The molecule has 0 unspecified atom stereocenters. The minimum atomic E-state index is -0.407. The highest BCUT2D eigenvalue weighted by atomic mass is 16.5. The molecule has 0 saturated carbocycles. The van der Waals surface area contributed by atoms with Crippen molar-refractivity contribution in [1.29, 1.82) is 0 Å². The highest BCUT2D eigenvalue weighted by Gasteiger charge is 2.14. The van der Waals surface area contributed by atoms with Crippen molar-refractivity contribution < 1.29 is 23.9 Å². The molecular weight excluding hydrogens is 386 g/mol. The molecule has 160 valence electrons. The SMILES string of the molecule is CCN(CC(=O)NCc1ccc(C(=O)OC)cc1)CC(=O)Nc1ccccc1OC. The van der Waals surface area contributed by atoms with Gasteiger partial charge in [0, 0.05) is 6.54 Å². The number of para-hydroxylation sites is 2. The summed E-state index contributed by atoms with van der Waals surface area (Å²) in [5.41, 5.74) is 1.89. The lowest BCUT2D eigenvalue weighted by Crippen LogP contribution is -2.40. The number of amides is 2. The number of nitrogens with zero attached hydrogens (tertiary/aromatic N) is 1. The summed E-state index contributed by atoms with van der Waals surface area (Å²) >= 11 is 0. The Morgan fingerprint density at radius 3 is 2.23 bits per heavy atom. The van der Waals surface area contributed by atoms with Gasteiger partial charge in [-0.15, -0.1) is 0 Å². The molecule has 0 bridgehead atoms. The van der Waals surface area contributed by atoms with Crippen molar-refractivity contribution in [1.82, 2.24) is 10.2 Å². The van der Waals surface area contributed by atoms with E-state index in [9.17, 15) is 14.4 Å². The molecule has 0 heterocycles. The highest BCUT2D eigenvalue weighted by Crippen LogP contribution is 2.22. The number of esters is 1. The van der Waals surface area contributed by atoms with Crippen LogP contribution in [0.25, 0.3) is 0 Å². The van der Waals surface area contributed by atoms with Crippen molar-refractivity contribution in [3.8, 4) is 5.75 Å². The Morgan fingerprint density at radius 1 is 0.933 bits per heavy atom. The van der Waals surface area contributed by atoms with Gasteiger partial charge in [0.15, 0.2) is 0 Å². The number of carbonyl (C=O) groups is 3. The summed E-state index contributed by atoms with van der Waals surface area (Å²) in [5, 5.41) is 5.62. The van der Waals surface area contributed by atoms with E-state index in [1.54, 1.807) is 47.4 Å².